The zero-order valence-corrected chi connectivity index (χ0v) is 7.70. The van der Waals surface area contributed by atoms with Crippen LogP contribution < -0.4 is 0 Å². The molecule has 0 aromatic carbocycles. The SMILES string of the molecule is C/C(=N\n1cnnc1)c1cccnc1. The minimum absolute atomic E-state index is 0.873. The maximum atomic E-state index is 4.26. The number of aromatic nitrogens is 4. The van der Waals surface area contributed by atoms with Gasteiger partial charge in [-0.3, -0.25) is 4.98 Å². The normalized spacial score (nSPS) is 11.6. The van der Waals surface area contributed by atoms with Gasteiger partial charge in [0.05, 0.1) is 5.71 Å². The molecular formula is C9H9N5. The number of rotatable bonds is 2. The van der Waals surface area contributed by atoms with Crippen molar-refractivity contribution in [1.82, 2.24) is 19.9 Å². The first-order chi connectivity index (χ1) is 6.86. The minimum Gasteiger partial charge on any atom is -0.264 e. The second-order valence-electron chi connectivity index (χ2n) is 2.77. The Morgan fingerprint density at radius 3 is 2.79 bits per heavy atom. The summed E-state index contributed by atoms with van der Waals surface area (Å²) in [7, 11) is 0. The predicted molar refractivity (Wildman–Crippen MR) is 51.9 cm³/mol. The summed E-state index contributed by atoms with van der Waals surface area (Å²) in [6, 6.07) is 3.83. The zero-order chi connectivity index (χ0) is 9.80. The first-order valence-electron chi connectivity index (χ1n) is 4.17. The quantitative estimate of drug-likeness (QED) is 0.657. The molecule has 14 heavy (non-hydrogen) atoms. The van der Waals surface area contributed by atoms with E-state index in [0.717, 1.165) is 11.3 Å². The van der Waals surface area contributed by atoms with Crippen LogP contribution in [-0.2, 0) is 0 Å². The van der Waals surface area contributed by atoms with Gasteiger partial charge in [-0.1, -0.05) is 6.07 Å². The number of nitrogens with zero attached hydrogens (tertiary/aromatic N) is 5. The third-order valence-corrected chi connectivity index (χ3v) is 1.75. The Morgan fingerprint density at radius 2 is 2.14 bits per heavy atom. The molecule has 0 saturated carbocycles. The highest BCUT2D eigenvalue weighted by molar-refractivity contribution is 5.98. The molecule has 0 saturated heterocycles. The van der Waals surface area contributed by atoms with Crippen molar-refractivity contribution in [1.29, 1.82) is 0 Å². The monoisotopic (exact) mass is 187 g/mol. The average molecular weight is 187 g/mol. The van der Waals surface area contributed by atoms with Crippen LogP contribution in [0.15, 0.2) is 42.3 Å². The van der Waals surface area contributed by atoms with Crippen LogP contribution in [0, 0.1) is 0 Å². The fraction of sp³-hybridized carbons (Fsp3) is 0.111. The third-order valence-electron chi connectivity index (χ3n) is 1.75. The van der Waals surface area contributed by atoms with Gasteiger partial charge in [0.25, 0.3) is 0 Å². The van der Waals surface area contributed by atoms with Crippen LogP contribution in [0.1, 0.15) is 12.5 Å². The topological polar surface area (TPSA) is 56.0 Å². The maximum absolute atomic E-state index is 4.26. The molecule has 2 heterocycles. The predicted octanol–water partition coefficient (Wildman–Crippen LogP) is 0.945. The molecule has 5 nitrogen and oxygen atoms in total. The molecule has 0 spiro atoms. The van der Waals surface area contributed by atoms with Crippen molar-refractivity contribution in [3.8, 4) is 0 Å². The summed E-state index contributed by atoms with van der Waals surface area (Å²) >= 11 is 0. The van der Waals surface area contributed by atoms with Crippen LogP contribution in [0.2, 0.25) is 0 Å². The van der Waals surface area contributed by atoms with E-state index in [4.69, 9.17) is 0 Å². The summed E-state index contributed by atoms with van der Waals surface area (Å²) in [5, 5.41) is 11.6. The Kier molecular flexibility index (Phi) is 2.31. The first-order valence-corrected chi connectivity index (χ1v) is 4.17. The van der Waals surface area contributed by atoms with Gasteiger partial charge >= 0.3 is 0 Å². The summed E-state index contributed by atoms with van der Waals surface area (Å²) in [6.07, 6.45) is 6.58. The maximum Gasteiger partial charge on any atom is 0.141 e. The number of hydrogen-bond acceptors (Lipinski definition) is 4. The Labute approximate surface area is 81.1 Å². The van der Waals surface area contributed by atoms with Gasteiger partial charge in [0.2, 0.25) is 0 Å². The van der Waals surface area contributed by atoms with E-state index in [2.05, 4.69) is 20.3 Å². The molecule has 2 rings (SSSR count). The van der Waals surface area contributed by atoms with Gasteiger partial charge in [-0.15, -0.1) is 10.2 Å². The van der Waals surface area contributed by atoms with Gasteiger partial charge in [-0.05, 0) is 13.0 Å². The van der Waals surface area contributed by atoms with E-state index in [1.54, 1.807) is 29.7 Å². The fourth-order valence-corrected chi connectivity index (χ4v) is 1.05. The van der Waals surface area contributed by atoms with Crippen molar-refractivity contribution < 1.29 is 0 Å². The van der Waals surface area contributed by atoms with E-state index in [1.165, 1.54) is 0 Å². The molecule has 5 heteroatoms. The van der Waals surface area contributed by atoms with Gasteiger partial charge < -0.3 is 0 Å². The van der Waals surface area contributed by atoms with Crippen LogP contribution in [-0.4, -0.2) is 25.6 Å². The molecule has 70 valence electrons. The van der Waals surface area contributed by atoms with Crippen LogP contribution in [0.4, 0.5) is 0 Å². The highest BCUT2D eigenvalue weighted by Crippen LogP contribution is 1.98. The van der Waals surface area contributed by atoms with E-state index in [1.807, 2.05) is 19.1 Å². The van der Waals surface area contributed by atoms with Crippen molar-refractivity contribution in [2.75, 3.05) is 0 Å². The Bertz CT molecular complexity index is 418. The lowest BCUT2D eigenvalue weighted by molar-refractivity contribution is 0.870. The fourth-order valence-electron chi connectivity index (χ4n) is 1.05. The Morgan fingerprint density at radius 1 is 1.36 bits per heavy atom. The molecule has 2 aromatic heterocycles. The summed E-state index contributed by atoms with van der Waals surface area (Å²) in [6.45, 7) is 1.91. The highest BCUT2D eigenvalue weighted by atomic mass is 15.4. The van der Waals surface area contributed by atoms with Crippen LogP contribution in [0.25, 0.3) is 0 Å². The lowest BCUT2D eigenvalue weighted by atomic mass is 10.2. The van der Waals surface area contributed by atoms with E-state index in [-0.39, 0.29) is 0 Å². The van der Waals surface area contributed by atoms with Gasteiger partial charge in [0.15, 0.2) is 0 Å². The van der Waals surface area contributed by atoms with Crippen molar-refractivity contribution in [2.24, 2.45) is 5.10 Å². The van der Waals surface area contributed by atoms with E-state index in [9.17, 15) is 0 Å². The van der Waals surface area contributed by atoms with Crippen LogP contribution >= 0.6 is 0 Å². The van der Waals surface area contributed by atoms with Gasteiger partial charge in [-0.25, -0.2) is 4.68 Å². The summed E-state index contributed by atoms with van der Waals surface area (Å²) < 4.78 is 1.56. The number of hydrogen-bond donors (Lipinski definition) is 0. The smallest absolute Gasteiger partial charge is 0.141 e. The second kappa shape index (κ2) is 3.78. The summed E-state index contributed by atoms with van der Waals surface area (Å²) in [5.41, 5.74) is 1.86. The number of pyridine rings is 1. The van der Waals surface area contributed by atoms with Gasteiger partial charge in [-0.2, -0.15) is 5.10 Å². The summed E-state index contributed by atoms with van der Waals surface area (Å²) in [4.78, 5) is 4.01. The Hall–Kier alpha value is -2.04. The Balaban J connectivity index is 2.29. The minimum atomic E-state index is 0.873. The molecule has 0 radical (unpaired) electrons. The van der Waals surface area contributed by atoms with E-state index < -0.39 is 0 Å². The molecule has 0 fully saturated rings. The largest absolute Gasteiger partial charge is 0.264 e. The van der Waals surface area contributed by atoms with Crippen molar-refractivity contribution in [2.45, 2.75) is 6.92 Å². The molecule has 0 aliphatic carbocycles. The van der Waals surface area contributed by atoms with E-state index in [0.29, 0.717) is 0 Å². The molecule has 0 aliphatic heterocycles. The second-order valence-corrected chi connectivity index (χ2v) is 2.77. The summed E-state index contributed by atoms with van der Waals surface area (Å²) in [5.74, 6) is 0. The third kappa shape index (κ3) is 1.82. The standard InChI is InChI=1S/C9H9N5/c1-8(9-3-2-4-10-5-9)13-14-6-11-12-7-14/h2-7H,1H3/b13-8+. The molecule has 0 unspecified atom stereocenters. The first kappa shape index (κ1) is 8.55. The van der Waals surface area contributed by atoms with Crippen molar-refractivity contribution in [3.05, 3.63) is 42.7 Å². The van der Waals surface area contributed by atoms with E-state index >= 15 is 0 Å². The van der Waals surface area contributed by atoms with Crippen molar-refractivity contribution >= 4 is 5.71 Å². The molecule has 0 bridgehead atoms. The van der Waals surface area contributed by atoms with Crippen molar-refractivity contribution in [3.63, 3.8) is 0 Å². The lowest BCUT2D eigenvalue weighted by Crippen LogP contribution is -1.98. The lowest BCUT2D eigenvalue weighted by Gasteiger charge is -1.98. The average Bonchev–Trinajstić information content (AvgIpc) is 2.72. The van der Waals surface area contributed by atoms with Gasteiger partial charge in [0, 0.05) is 18.0 Å². The molecule has 0 aliphatic rings. The highest BCUT2D eigenvalue weighted by Gasteiger charge is 1.96. The molecule has 2 aromatic rings. The van der Waals surface area contributed by atoms with Crippen LogP contribution in [0.5, 0.6) is 0 Å². The molecular weight excluding hydrogens is 178 g/mol. The molecule has 0 N–H and O–H groups in total. The van der Waals surface area contributed by atoms with Gasteiger partial charge in [0.1, 0.15) is 12.7 Å². The molecule has 0 atom stereocenters. The van der Waals surface area contributed by atoms with Crippen LogP contribution in [0.3, 0.4) is 0 Å². The molecule has 0 amide bonds. The zero-order valence-electron chi connectivity index (χ0n) is 7.70.